The Morgan fingerprint density at radius 3 is 2.83 bits per heavy atom. The van der Waals surface area contributed by atoms with Gasteiger partial charge in [0.2, 0.25) is 0 Å². The van der Waals surface area contributed by atoms with Crippen molar-refractivity contribution in [3.8, 4) is 0 Å². The third-order valence-corrected chi connectivity index (χ3v) is 3.04. The first-order valence-corrected chi connectivity index (χ1v) is 6.11. The number of hydrogen-bond donors (Lipinski definition) is 3. The number of nitrogens with one attached hydrogen (secondary N) is 1. The van der Waals surface area contributed by atoms with Gasteiger partial charge in [-0.25, -0.2) is 15.0 Å². The van der Waals surface area contributed by atoms with Crippen LogP contribution in [0.1, 0.15) is 11.4 Å². The van der Waals surface area contributed by atoms with Crippen molar-refractivity contribution in [3.63, 3.8) is 0 Å². The molecule has 7 nitrogen and oxygen atoms in total. The number of thioether (sulfide) groups is 1. The van der Waals surface area contributed by atoms with E-state index < -0.39 is 0 Å². The lowest BCUT2D eigenvalue weighted by molar-refractivity contribution is 0.944. The predicted molar refractivity (Wildman–Crippen MR) is 70.0 cm³/mol. The smallest absolute Gasteiger partial charge is 0.253 e. The van der Waals surface area contributed by atoms with Crippen LogP contribution in [0.25, 0.3) is 0 Å². The van der Waals surface area contributed by atoms with Crippen molar-refractivity contribution in [2.75, 3.05) is 11.5 Å². The Kier molecular flexibility index (Phi) is 3.47. The zero-order valence-electron chi connectivity index (χ0n) is 9.67. The number of nitrogen functional groups attached to an aromatic ring is 2. The minimum absolute atomic E-state index is 0.189. The van der Waals surface area contributed by atoms with Crippen LogP contribution in [0.15, 0.2) is 22.2 Å². The highest BCUT2D eigenvalue weighted by Crippen LogP contribution is 2.20. The van der Waals surface area contributed by atoms with E-state index in [9.17, 15) is 4.79 Å². The van der Waals surface area contributed by atoms with Crippen molar-refractivity contribution < 1.29 is 0 Å². The molecule has 0 spiro atoms. The van der Waals surface area contributed by atoms with Crippen LogP contribution in [0.3, 0.4) is 0 Å². The highest BCUT2D eigenvalue weighted by Gasteiger charge is 2.05. The van der Waals surface area contributed by atoms with Crippen molar-refractivity contribution in [1.82, 2.24) is 19.9 Å². The average Bonchev–Trinajstić information content (AvgIpc) is 2.26. The number of anilines is 2. The van der Waals surface area contributed by atoms with E-state index in [1.54, 1.807) is 13.1 Å². The molecular formula is C10H12N6OS. The molecule has 0 aliphatic heterocycles. The molecule has 0 saturated heterocycles. The molecule has 2 aromatic heterocycles. The summed E-state index contributed by atoms with van der Waals surface area (Å²) in [6.07, 6.45) is 1.66. The number of aryl methyl sites for hydroxylation is 1. The second kappa shape index (κ2) is 5.05. The Morgan fingerprint density at radius 1 is 1.39 bits per heavy atom. The lowest BCUT2D eigenvalue weighted by Crippen LogP contribution is -2.09. The summed E-state index contributed by atoms with van der Waals surface area (Å²) in [7, 11) is 0. The van der Waals surface area contributed by atoms with Gasteiger partial charge in [0, 0.05) is 23.6 Å². The fourth-order valence-corrected chi connectivity index (χ4v) is 2.15. The summed E-state index contributed by atoms with van der Waals surface area (Å²) in [5.41, 5.74) is 11.8. The van der Waals surface area contributed by atoms with Gasteiger partial charge in [-0.2, -0.15) is 0 Å². The first kappa shape index (κ1) is 12.4. The summed E-state index contributed by atoms with van der Waals surface area (Å²) in [6, 6.07) is 1.23. The molecule has 0 aliphatic carbocycles. The Bertz CT molecular complexity index is 626. The molecule has 0 amide bonds. The van der Waals surface area contributed by atoms with Gasteiger partial charge in [0.1, 0.15) is 17.5 Å². The first-order chi connectivity index (χ1) is 8.54. The van der Waals surface area contributed by atoms with E-state index in [2.05, 4.69) is 19.9 Å². The molecule has 18 heavy (non-hydrogen) atoms. The highest BCUT2D eigenvalue weighted by atomic mass is 32.2. The molecule has 0 aromatic carbocycles. The molecule has 0 atom stereocenters. The Morgan fingerprint density at radius 2 is 2.17 bits per heavy atom. The van der Waals surface area contributed by atoms with Crippen molar-refractivity contribution in [1.29, 1.82) is 0 Å². The molecule has 0 saturated carbocycles. The summed E-state index contributed by atoms with van der Waals surface area (Å²) in [4.78, 5) is 25.9. The topological polar surface area (TPSA) is 124 Å². The predicted octanol–water partition coefficient (Wildman–Crippen LogP) is 0.325. The number of nitrogens with zero attached hydrogens (tertiary/aromatic N) is 3. The second-order valence-electron chi connectivity index (χ2n) is 3.59. The highest BCUT2D eigenvalue weighted by molar-refractivity contribution is 7.98. The zero-order chi connectivity index (χ0) is 13.1. The van der Waals surface area contributed by atoms with Crippen LogP contribution >= 0.6 is 11.8 Å². The number of H-pyrrole nitrogens is 1. The molecule has 5 N–H and O–H groups in total. The van der Waals surface area contributed by atoms with Crippen molar-refractivity contribution in [3.05, 3.63) is 34.0 Å². The molecule has 0 aliphatic rings. The maximum Gasteiger partial charge on any atom is 0.253 e. The Balaban J connectivity index is 2.13. The van der Waals surface area contributed by atoms with E-state index in [-0.39, 0.29) is 11.4 Å². The number of aromatic amines is 1. The van der Waals surface area contributed by atoms with Crippen molar-refractivity contribution in [2.45, 2.75) is 17.8 Å². The summed E-state index contributed by atoms with van der Waals surface area (Å²) < 4.78 is 0. The lowest BCUT2D eigenvalue weighted by atomic mass is 10.3. The Hall–Kier alpha value is -2.09. The summed E-state index contributed by atoms with van der Waals surface area (Å²) in [5.74, 6) is 1.76. The molecule has 2 rings (SSSR count). The molecular weight excluding hydrogens is 252 g/mol. The van der Waals surface area contributed by atoms with Crippen LogP contribution in [-0.2, 0) is 5.75 Å². The van der Waals surface area contributed by atoms with Crippen LogP contribution < -0.4 is 17.0 Å². The largest absolute Gasteiger partial charge is 0.383 e. The van der Waals surface area contributed by atoms with E-state index in [4.69, 9.17) is 11.5 Å². The van der Waals surface area contributed by atoms with Crippen LogP contribution in [-0.4, -0.2) is 19.9 Å². The van der Waals surface area contributed by atoms with Crippen LogP contribution in [0.5, 0.6) is 0 Å². The van der Waals surface area contributed by atoms with Gasteiger partial charge in [-0.15, -0.1) is 0 Å². The van der Waals surface area contributed by atoms with Crippen LogP contribution in [0, 0.1) is 6.92 Å². The van der Waals surface area contributed by atoms with E-state index in [0.29, 0.717) is 22.6 Å². The van der Waals surface area contributed by atoms with Crippen LogP contribution in [0.4, 0.5) is 11.6 Å². The fourth-order valence-electron chi connectivity index (χ4n) is 1.29. The number of rotatable bonds is 3. The summed E-state index contributed by atoms with van der Waals surface area (Å²) in [5, 5.41) is 0.444. The number of nitrogens with two attached hydrogens (primary N) is 2. The van der Waals surface area contributed by atoms with Gasteiger partial charge in [-0.05, 0) is 6.92 Å². The van der Waals surface area contributed by atoms with Crippen molar-refractivity contribution >= 4 is 23.4 Å². The molecule has 0 radical (unpaired) electrons. The maximum atomic E-state index is 11.2. The summed E-state index contributed by atoms with van der Waals surface area (Å²) >= 11 is 1.32. The molecule has 94 valence electrons. The maximum absolute atomic E-state index is 11.2. The number of aromatic nitrogens is 4. The van der Waals surface area contributed by atoms with Gasteiger partial charge in [-0.1, -0.05) is 11.8 Å². The average molecular weight is 264 g/mol. The van der Waals surface area contributed by atoms with Gasteiger partial charge in [-0.3, -0.25) is 4.79 Å². The molecule has 8 heteroatoms. The SMILES string of the molecule is Cc1ncc(CSc2nc(N)cc(=O)[nH]2)c(N)n1. The van der Waals surface area contributed by atoms with Gasteiger partial charge >= 0.3 is 0 Å². The zero-order valence-corrected chi connectivity index (χ0v) is 10.5. The van der Waals surface area contributed by atoms with E-state index in [1.807, 2.05) is 0 Å². The third-order valence-electron chi connectivity index (χ3n) is 2.12. The molecule has 2 aromatic rings. The van der Waals surface area contributed by atoms with Gasteiger partial charge < -0.3 is 16.5 Å². The molecule has 0 bridgehead atoms. The fraction of sp³-hybridized carbons (Fsp3) is 0.200. The van der Waals surface area contributed by atoms with Gasteiger partial charge in [0.05, 0.1) is 0 Å². The van der Waals surface area contributed by atoms with Gasteiger partial charge in [0.25, 0.3) is 5.56 Å². The second-order valence-corrected chi connectivity index (χ2v) is 4.56. The molecule has 2 heterocycles. The monoisotopic (exact) mass is 264 g/mol. The van der Waals surface area contributed by atoms with E-state index in [1.165, 1.54) is 17.8 Å². The standard InChI is InChI=1S/C10H12N6OS/c1-5-13-3-6(9(12)14-5)4-18-10-15-7(11)2-8(17)16-10/h2-3H,4H2,1H3,(H2,12,13,14)(H3,11,15,16,17). The number of hydrogen-bond acceptors (Lipinski definition) is 7. The Labute approximate surface area is 107 Å². The third kappa shape index (κ3) is 2.98. The quantitative estimate of drug-likeness (QED) is 0.539. The minimum atomic E-state index is -0.280. The van der Waals surface area contributed by atoms with Crippen LogP contribution in [0.2, 0.25) is 0 Å². The molecule has 0 unspecified atom stereocenters. The van der Waals surface area contributed by atoms with E-state index >= 15 is 0 Å². The normalized spacial score (nSPS) is 10.5. The van der Waals surface area contributed by atoms with Crippen molar-refractivity contribution in [2.24, 2.45) is 0 Å². The van der Waals surface area contributed by atoms with E-state index in [0.717, 1.165) is 5.56 Å². The lowest BCUT2D eigenvalue weighted by Gasteiger charge is -2.04. The minimum Gasteiger partial charge on any atom is -0.383 e. The molecule has 0 fully saturated rings. The van der Waals surface area contributed by atoms with Gasteiger partial charge in [0.15, 0.2) is 5.16 Å². The first-order valence-electron chi connectivity index (χ1n) is 5.12. The summed E-state index contributed by atoms with van der Waals surface area (Å²) in [6.45, 7) is 1.77.